The lowest BCUT2D eigenvalue weighted by molar-refractivity contribution is 0.0560. The molecule has 2 aromatic carbocycles. The third-order valence-corrected chi connectivity index (χ3v) is 5.98. The van der Waals surface area contributed by atoms with Crippen LogP contribution in [0.3, 0.4) is 0 Å². The van der Waals surface area contributed by atoms with E-state index in [2.05, 4.69) is 35.6 Å². The predicted octanol–water partition coefficient (Wildman–Crippen LogP) is 5.27. The van der Waals surface area contributed by atoms with Crippen molar-refractivity contribution in [1.29, 1.82) is 0 Å². The molecule has 1 aliphatic rings. The van der Waals surface area contributed by atoms with Crippen molar-refractivity contribution < 1.29 is 14.0 Å². The van der Waals surface area contributed by atoms with E-state index in [1.807, 2.05) is 31.2 Å². The molecule has 2 atom stereocenters. The van der Waals surface area contributed by atoms with Crippen molar-refractivity contribution in [1.82, 2.24) is 4.90 Å². The SMILES string of the molecule is CC(CN1C(=O)c2ccccc2C1=O)C(O[Si](C)(C)C)c1cccc(Br)c1. The van der Waals surface area contributed by atoms with Crippen LogP contribution in [0.25, 0.3) is 0 Å². The van der Waals surface area contributed by atoms with Crippen molar-refractivity contribution in [3.05, 3.63) is 69.7 Å². The summed E-state index contributed by atoms with van der Waals surface area (Å²) in [5.41, 5.74) is 2.02. The lowest BCUT2D eigenvalue weighted by atomic mass is 9.97. The van der Waals surface area contributed by atoms with Crippen LogP contribution in [0.1, 0.15) is 39.3 Å². The van der Waals surface area contributed by atoms with Gasteiger partial charge in [-0.15, -0.1) is 0 Å². The number of hydrogen-bond acceptors (Lipinski definition) is 3. The molecule has 2 unspecified atom stereocenters. The molecule has 0 saturated heterocycles. The Morgan fingerprint density at radius 2 is 1.59 bits per heavy atom. The van der Waals surface area contributed by atoms with E-state index >= 15 is 0 Å². The molecule has 3 rings (SSSR count). The summed E-state index contributed by atoms with van der Waals surface area (Å²) in [6.45, 7) is 8.80. The molecule has 0 fully saturated rings. The van der Waals surface area contributed by atoms with E-state index in [9.17, 15) is 9.59 Å². The zero-order valence-corrected chi connectivity index (χ0v) is 18.6. The Kier molecular flexibility index (Phi) is 5.70. The summed E-state index contributed by atoms with van der Waals surface area (Å²) in [5.74, 6) is -0.472. The minimum Gasteiger partial charge on any atom is -0.410 e. The van der Waals surface area contributed by atoms with Crippen molar-refractivity contribution >= 4 is 36.1 Å². The lowest BCUT2D eigenvalue weighted by Gasteiger charge is -2.33. The quantitative estimate of drug-likeness (QED) is 0.449. The highest BCUT2D eigenvalue weighted by Crippen LogP contribution is 2.33. The van der Waals surface area contributed by atoms with Crippen LogP contribution in [-0.4, -0.2) is 31.6 Å². The van der Waals surface area contributed by atoms with Gasteiger partial charge < -0.3 is 4.43 Å². The Bertz CT molecular complexity index is 843. The summed E-state index contributed by atoms with van der Waals surface area (Å²) in [6, 6.07) is 15.0. The van der Waals surface area contributed by atoms with Crippen molar-refractivity contribution in [3.63, 3.8) is 0 Å². The van der Waals surface area contributed by atoms with Gasteiger partial charge in [-0.1, -0.05) is 47.1 Å². The molecule has 0 aromatic heterocycles. The minimum absolute atomic E-state index is 0.0340. The first-order chi connectivity index (χ1) is 12.7. The van der Waals surface area contributed by atoms with Gasteiger partial charge in [-0.25, -0.2) is 0 Å². The number of amides is 2. The summed E-state index contributed by atoms with van der Waals surface area (Å²) in [5, 5.41) is 0. The zero-order chi connectivity index (χ0) is 19.8. The molecule has 2 amide bonds. The van der Waals surface area contributed by atoms with E-state index in [4.69, 9.17) is 4.43 Å². The third kappa shape index (κ3) is 4.39. The van der Waals surface area contributed by atoms with Crippen molar-refractivity contribution in [2.75, 3.05) is 6.54 Å². The topological polar surface area (TPSA) is 46.6 Å². The number of halogens is 1. The van der Waals surface area contributed by atoms with Gasteiger partial charge in [0.05, 0.1) is 17.2 Å². The van der Waals surface area contributed by atoms with Gasteiger partial charge >= 0.3 is 0 Å². The van der Waals surface area contributed by atoms with Crippen LogP contribution in [0.15, 0.2) is 53.0 Å². The number of fused-ring (bicyclic) bond motifs is 1. The fourth-order valence-electron chi connectivity index (χ4n) is 3.37. The number of benzene rings is 2. The average Bonchev–Trinajstić information content (AvgIpc) is 2.84. The van der Waals surface area contributed by atoms with Gasteiger partial charge in [-0.2, -0.15) is 0 Å². The first-order valence-electron chi connectivity index (χ1n) is 9.06. The van der Waals surface area contributed by atoms with E-state index in [-0.39, 0.29) is 23.8 Å². The van der Waals surface area contributed by atoms with Crippen LogP contribution >= 0.6 is 15.9 Å². The van der Waals surface area contributed by atoms with Crippen LogP contribution in [0.4, 0.5) is 0 Å². The smallest absolute Gasteiger partial charge is 0.261 e. The van der Waals surface area contributed by atoms with Gasteiger partial charge in [-0.05, 0) is 49.5 Å². The highest BCUT2D eigenvalue weighted by molar-refractivity contribution is 9.10. The number of carbonyl (C=O) groups excluding carboxylic acids is 2. The first kappa shape index (κ1) is 20.0. The van der Waals surface area contributed by atoms with Gasteiger partial charge in [0.1, 0.15) is 0 Å². The zero-order valence-electron chi connectivity index (χ0n) is 16.0. The van der Waals surface area contributed by atoms with Crippen LogP contribution < -0.4 is 0 Å². The van der Waals surface area contributed by atoms with Crippen molar-refractivity contribution in [2.24, 2.45) is 5.92 Å². The molecule has 6 heteroatoms. The Labute approximate surface area is 169 Å². The molecular weight excluding hydrogens is 422 g/mol. The molecule has 0 aliphatic carbocycles. The number of nitrogens with zero attached hydrogens (tertiary/aromatic N) is 1. The molecule has 1 heterocycles. The van der Waals surface area contributed by atoms with Gasteiger partial charge in [-0.3, -0.25) is 14.5 Å². The Morgan fingerprint density at radius 1 is 1.00 bits per heavy atom. The maximum atomic E-state index is 12.7. The van der Waals surface area contributed by atoms with Crippen molar-refractivity contribution in [2.45, 2.75) is 32.7 Å². The van der Waals surface area contributed by atoms with E-state index in [1.54, 1.807) is 24.3 Å². The van der Waals surface area contributed by atoms with E-state index in [1.165, 1.54) is 4.90 Å². The molecule has 0 radical (unpaired) electrons. The Hall–Kier alpha value is -1.76. The van der Waals surface area contributed by atoms with Gasteiger partial charge in [0, 0.05) is 16.9 Å². The lowest BCUT2D eigenvalue weighted by Crippen LogP contribution is -2.38. The second-order valence-electron chi connectivity index (χ2n) is 7.95. The monoisotopic (exact) mass is 445 g/mol. The highest BCUT2D eigenvalue weighted by Gasteiger charge is 2.38. The average molecular weight is 446 g/mol. The van der Waals surface area contributed by atoms with Gasteiger partial charge in [0.25, 0.3) is 11.8 Å². The van der Waals surface area contributed by atoms with E-state index in [0.29, 0.717) is 17.7 Å². The number of imide groups is 1. The predicted molar refractivity (Wildman–Crippen MR) is 112 cm³/mol. The molecule has 27 heavy (non-hydrogen) atoms. The maximum absolute atomic E-state index is 12.7. The number of hydrogen-bond donors (Lipinski definition) is 0. The second kappa shape index (κ2) is 7.70. The van der Waals surface area contributed by atoms with Crippen molar-refractivity contribution in [3.8, 4) is 0 Å². The summed E-state index contributed by atoms with van der Waals surface area (Å²) in [4.78, 5) is 26.8. The Morgan fingerprint density at radius 3 is 2.11 bits per heavy atom. The summed E-state index contributed by atoms with van der Waals surface area (Å²) in [6.07, 6.45) is -0.182. The summed E-state index contributed by atoms with van der Waals surface area (Å²) in [7, 11) is -1.84. The van der Waals surface area contributed by atoms with Crippen LogP contribution in [-0.2, 0) is 4.43 Å². The van der Waals surface area contributed by atoms with Crippen LogP contribution in [0, 0.1) is 5.92 Å². The molecule has 0 saturated carbocycles. The number of carbonyl (C=O) groups is 2. The molecule has 142 valence electrons. The molecule has 2 aromatic rings. The molecular formula is C21H24BrNO3Si. The second-order valence-corrected chi connectivity index (χ2v) is 13.3. The normalized spacial score (nSPS) is 16.4. The van der Waals surface area contributed by atoms with E-state index in [0.717, 1.165) is 10.0 Å². The molecule has 1 aliphatic heterocycles. The largest absolute Gasteiger partial charge is 0.410 e. The molecule has 0 bridgehead atoms. The van der Waals surface area contributed by atoms with Crippen LogP contribution in [0.2, 0.25) is 19.6 Å². The summed E-state index contributed by atoms with van der Waals surface area (Å²) >= 11 is 3.52. The standard InChI is InChI=1S/C21H24BrNO3Si/c1-14(13-23-20(24)17-10-5-6-11-18(17)21(23)25)19(26-27(2,3)4)15-8-7-9-16(22)12-15/h5-12,14,19H,13H2,1-4H3. The van der Waals surface area contributed by atoms with Gasteiger partial charge in [0.2, 0.25) is 0 Å². The third-order valence-electron chi connectivity index (χ3n) is 4.52. The number of rotatable bonds is 6. The molecule has 0 spiro atoms. The van der Waals surface area contributed by atoms with E-state index < -0.39 is 8.32 Å². The fourth-order valence-corrected chi connectivity index (χ4v) is 4.91. The van der Waals surface area contributed by atoms with Crippen LogP contribution in [0.5, 0.6) is 0 Å². The molecule has 4 nitrogen and oxygen atoms in total. The minimum atomic E-state index is -1.84. The summed E-state index contributed by atoms with van der Waals surface area (Å²) < 4.78 is 7.45. The Balaban J connectivity index is 1.86. The maximum Gasteiger partial charge on any atom is 0.261 e. The fraction of sp³-hybridized carbons (Fsp3) is 0.333. The highest BCUT2D eigenvalue weighted by atomic mass is 79.9. The van der Waals surface area contributed by atoms with Gasteiger partial charge in [0.15, 0.2) is 8.32 Å². The first-order valence-corrected chi connectivity index (χ1v) is 13.3. The molecule has 0 N–H and O–H groups in total.